The van der Waals surface area contributed by atoms with Gasteiger partial charge in [0.05, 0.1) is 12.5 Å². The molecule has 0 saturated carbocycles. The summed E-state index contributed by atoms with van der Waals surface area (Å²) in [5, 5.41) is 2.71. The molecule has 0 aromatic heterocycles. The molecule has 1 aromatic rings. The molecule has 0 heterocycles. The van der Waals surface area contributed by atoms with Crippen molar-refractivity contribution in [2.45, 2.75) is 26.3 Å². The maximum Gasteiger partial charge on any atom is 0.224 e. The summed E-state index contributed by atoms with van der Waals surface area (Å²) in [6.07, 6.45) is 0.289. The first-order chi connectivity index (χ1) is 8.00. The molecule has 1 N–H and O–H groups in total. The van der Waals surface area contributed by atoms with Crippen molar-refractivity contribution in [2.75, 3.05) is 0 Å². The molecule has 4 heteroatoms. The van der Waals surface area contributed by atoms with E-state index in [1.54, 1.807) is 0 Å². The van der Waals surface area contributed by atoms with Gasteiger partial charge in [0.1, 0.15) is 0 Å². The summed E-state index contributed by atoms with van der Waals surface area (Å²) < 4.78 is 0. The van der Waals surface area contributed by atoms with Gasteiger partial charge in [-0.1, -0.05) is 44.2 Å². The first-order valence-electron chi connectivity index (χ1n) is 5.69. The summed E-state index contributed by atoms with van der Waals surface area (Å²) in [4.78, 5) is 23.0. The molecule has 0 fully saturated rings. The van der Waals surface area contributed by atoms with Crippen molar-refractivity contribution in [3.63, 3.8) is 0 Å². The summed E-state index contributed by atoms with van der Waals surface area (Å²) in [6, 6.07) is 8.94. The molecule has 98 valence electrons. The van der Waals surface area contributed by atoms with E-state index in [-0.39, 0.29) is 45.1 Å². The molecule has 0 aliphatic heterocycles. The van der Waals surface area contributed by atoms with Crippen LogP contribution in [0.2, 0.25) is 0 Å². The standard InChI is InChI=1S/C14H18NO2.W/c1-10(2)14(11(3)16)15-13(17)9-12-7-5-4-6-8-12;/h4-8,10,14H,3,9H2,1-2H3,(H,15,17);/q-1;. The van der Waals surface area contributed by atoms with Crippen LogP contribution in [0.25, 0.3) is 0 Å². The minimum Gasteiger partial charge on any atom is -0.348 e. The van der Waals surface area contributed by atoms with Crippen LogP contribution in [0.1, 0.15) is 19.4 Å². The minimum absolute atomic E-state index is 0. The minimum atomic E-state index is -0.494. The van der Waals surface area contributed by atoms with E-state index in [0.717, 1.165) is 5.56 Å². The van der Waals surface area contributed by atoms with Crippen LogP contribution in [0.15, 0.2) is 30.3 Å². The Bertz CT molecular complexity index is 390. The van der Waals surface area contributed by atoms with Crippen LogP contribution in [-0.2, 0) is 37.1 Å². The Morgan fingerprint density at radius 2 is 1.78 bits per heavy atom. The fourth-order valence-corrected chi connectivity index (χ4v) is 1.62. The second kappa shape index (κ2) is 8.10. The van der Waals surface area contributed by atoms with Crippen LogP contribution < -0.4 is 5.32 Å². The third-order valence-corrected chi connectivity index (χ3v) is 2.54. The Balaban J connectivity index is 0.00000289. The normalized spacial score (nSPS) is 11.5. The molecule has 0 aliphatic rings. The Labute approximate surface area is 123 Å². The van der Waals surface area contributed by atoms with E-state index in [0.29, 0.717) is 0 Å². The molecule has 1 rings (SSSR count). The molecule has 1 unspecified atom stereocenters. The molecule has 3 nitrogen and oxygen atoms in total. The number of hydrogen-bond acceptors (Lipinski definition) is 2. The quantitative estimate of drug-likeness (QED) is 0.745. The molecule has 0 saturated heterocycles. The summed E-state index contributed by atoms with van der Waals surface area (Å²) >= 11 is 0. The molecule has 1 amide bonds. The second-order valence-electron chi connectivity index (χ2n) is 4.42. The summed E-state index contributed by atoms with van der Waals surface area (Å²) in [6.45, 7) is 7.14. The van der Waals surface area contributed by atoms with Gasteiger partial charge in [-0.3, -0.25) is 4.79 Å². The van der Waals surface area contributed by atoms with E-state index >= 15 is 0 Å². The van der Waals surface area contributed by atoms with Crippen molar-refractivity contribution >= 4 is 11.7 Å². The van der Waals surface area contributed by atoms with Gasteiger partial charge in [0.15, 0.2) is 0 Å². The summed E-state index contributed by atoms with van der Waals surface area (Å²) in [7, 11) is 0. The molecule has 0 bridgehead atoms. The van der Waals surface area contributed by atoms with E-state index in [1.807, 2.05) is 44.2 Å². The summed E-state index contributed by atoms with van der Waals surface area (Å²) in [5.74, 6) is -0.340. The van der Waals surface area contributed by atoms with E-state index in [1.165, 1.54) is 0 Å². The number of amides is 1. The van der Waals surface area contributed by atoms with Gasteiger partial charge in [-0.05, 0) is 11.5 Å². The number of nitrogens with one attached hydrogen (secondary N) is 1. The van der Waals surface area contributed by atoms with Crippen LogP contribution >= 0.6 is 0 Å². The molecule has 0 spiro atoms. The molecule has 1 aromatic carbocycles. The van der Waals surface area contributed by atoms with E-state index in [2.05, 4.69) is 12.2 Å². The smallest absolute Gasteiger partial charge is 0.224 e. The molecule has 0 radical (unpaired) electrons. The van der Waals surface area contributed by atoms with E-state index in [4.69, 9.17) is 0 Å². The predicted octanol–water partition coefficient (Wildman–Crippen LogP) is 1.77. The van der Waals surface area contributed by atoms with Crippen LogP contribution in [-0.4, -0.2) is 17.7 Å². The van der Waals surface area contributed by atoms with Crippen LogP contribution in [0.4, 0.5) is 0 Å². The van der Waals surface area contributed by atoms with Crippen LogP contribution in [0, 0.1) is 12.8 Å². The largest absolute Gasteiger partial charge is 0.348 e. The zero-order valence-corrected chi connectivity index (χ0v) is 13.6. The van der Waals surface area contributed by atoms with Gasteiger partial charge in [0, 0.05) is 26.8 Å². The zero-order chi connectivity index (χ0) is 12.8. The Kier molecular flexibility index (Phi) is 7.61. The van der Waals surface area contributed by atoms with Crippen molar-refractivity contribution < 1.29 is 30.7 Å². The van der Waals surface area contributed by atoms with Crippen LogP contribution in [0.3, 0.4) is 0 Å². The molecule has 0 aliphatic carbocycles. The van der Waals surface area contributed by atoms with E-state index < -0.39 is 6.04 Å². The number of benzene rings is 1. The maximum atomic E-state index is 11.7. The van der Waals surface area contributed by atoms with Crippen molar-refractivity contribution in [3.05, 3.63) is 42.8 Å². The Hall–Kier alpha value is -1.08. The van der Waals surface area contributed by atoms with Crippen molar-refractivity contribution in [2.24, 2.45) is 5.92 Å². The van der Waals surface area contributed by atoms with Gasteiger partial charge in [-0.2, -0.15) is 0 Å². The Morgan fingerprint density at radius 3 is 2.22 bits per heavy atom. The first-order valence-corrected chi connectivity index (χ1v) is 5.69. The first kappa shape index (κ1) is 16.9. The van der Waals surface area contributed by atoms with Gasteiger partial charge in [-0.25, -0.2) is 0 Å². The number of Topliss-reactive ketones (excluding diaryl/α,β-unsaturated/α-hetero) is 1. The second-order valence-corrected chi connectivity index (χ2v) is 4.42. The van der Waals surface area contributed by atoms with Gasteiger partial charge in [-0.15, -0.1) is 0 Å². The van der Waals surface area contributed by atoms with Gasteiger partial charge >= 0.3 is 0 Å². The predicted molar refractivity (Wildman–Crippen MR) is 67.3 cm³/mol. The number of rotatable bonds is 5. The number of ketones is 1. The molecule has 1 atom stereocenters. The fourth-order valence-electron chi connectivity index (χ4n) is 1.62. The van der Waals surface area contributed by atoms with E-state index in [9.17, 15) is 9.59 Å². The van der Waals surface area contributed by atoms with Gasteiger partial charge in [0.25, 0.3) is 0 Å². The summed E-state index contributed by atoms with van der Waals surface area (Å²) in [5.41, 5.74) is 0.934. The molecular weight excluding hydrogens is 398 g/mol. The third-order valence-electron chi connectivity index (χ3n) is 2.54. The zero-order valence-electron chi connectivity index (χ0n) is 10.7. The number of carbonyl (C=O) groups is 2. The average Bonchev–Trinajstić information content (AvgIpc) is 2.26. The molecule has 18 heavy (non-hydrogen) atoms. The molecular formula is C14H18NO2W-. The van der Waals surface area contributed by atoms with Gasteiger partial charge in [0.2, 0.25) is 5.91 Å². The fraction of sp³-hybridized carbons (Fsp3) is 0.357. The average molecular weight is 416 g/mol. The van der Waals surface area contributed by atoms with Crippen molar-refractivity contribution in [1.82, 2.24) is 5.32 Å². The monoisotopic (exact) mass is 416 g/mol. The Morgan fingerprint density at radius 1 is 1.22 bits per heavy atom. The number of carbonyl (C=O) groups excluding carboxylic acids is 2. The maximum absolute atomic E-state index is 11.7. The van der Waals surface area contributed by atoms with Crippen molar-refractivity contribution in [1.29, 1.82) is 0 Å². The van der Waals surface area contributed by atoms with Crippen LogP contribution in [0.5, 0.6) is 0 Å². The number of hydrogen-bond donors (Lipinski definition) is 1. The SMILES string of the molecule is [CH2-]C(=O)C(NC(=O)Cc1ccccc1)C(C)C.[W]. The third kappa shape index (κ3) is 5.50. The topological polar surface area (TPSA) is 46.2 Å². The van der Waals surface area contributed by atoms with Crippen molar-refractivity contribution in [3.8, 4) is 0 Å². The van der Waals surface area contributed by atoms with Gasteiger partial charge < -0.3 is 17.0 Å².